The van der Waals surface area contributed by atoms with Crippen LogP contribution in [-0.2, 0) is 4.74 Å². The number of nitro groups is 1. The Morgan fingerprint density at radius 1 is 1.56 bits per heavy atom. The third kappa shape index (κ3) is 2.74. The molecule has 1 heterocycles. The molecule has 16 heavy (non-hydrogen) atoms. The van der Waals surface area contributed by atoms with Gasteiger partial charge in [-0.15, -0.1) is 0 Å². The van der Waals surface area contributed by atoms with Crippen LogP contribution in [0, 0.1) is 10.1 Å². The number of nitrogens with two attached hydrogens (primary N) is 1. The van der Waals surface area contributed by atoms with Crippen LogP contribution in [0.5, 0.6) is 5.88 Å². The number of hydrogen-bond acceptors (Lipinski definition) is 8. The topological polar surface area (TPSA) is 125 Å². The van der Waals surface area contributed by atoms with Gasteiger partial charge in [0.1, 0.15) is 12.9 Å². The first-order valence-electron chi connectivity index (χ1n) is 4.28. The summed E-state index contributed by atoms with van der Waals surface area (Å²) in [5.41, 5.74) is 1.70. The Bertz CT molecular complexity index is 372. The lowest BCUT2D eigenvalue weighted by Gasteiger charge is -2.06. The molecule has 0 radical (unpaired) electrons. The molecular weight excluding hydrogens is 218 g/mol. The van der Waals surface area contributed by atoms with Crippen LogP contribution in [0.15, 0.2) is 6.33 Å². The number of rotatable bonds is 6. The minimum absolute atomic E-state index is 0.104. The van der Waals surface area contributed by atoms with Crippen molar-refractivity contribution in [3.63, 3.8) is 0 Å². The van der Waals surface area contributed by atoms with Crippen molar-refractivity contribution >= 4 is 11.5 Å². The fourth-order valence-electron chi connectivity index (χ4n) is 0.960. The predicted octanol–water partition coefficient (Wildman–Crippen LogP) is -0.304. The number of aromatic nitrogens is 2. The number of hydrogen-bond donors (Lipinski definition) is 2. The number of nitrogen functional groups attached to an aromatic ring is 1. The smallest absolute Gasteiger partial charge is 0.374 e. The van der Waals surface area contributed by atoms with E-state index in [4.69, 9.17) is 15.3 Å². The molecule has 0 bridgehead atoms. The molecule has 1 aromatic rings. The molecule has 1 aromatic heterocycles. The van der Waals surface area contributed by atoms with Crippen molar-refractivity contribution in [3.8, 4) is 5.88 Å². The zero-order valence-electron chi connectivity index (χ0n) is 8.54. The third-order valence-electron chi connectivity index (χ3n) is 1.63. The van der Waals surface area contributed by atoms with Crippen LogP contribution in [0.3, 0.4) is 0 Å². The fourth-order valence-corrected chi connectivity index (χ4v) is 0.960. The van der Waals surface area contributed by atoms with E-state index in [9.17, 15) is 10.1 Å². The molecule has 0 aliphatic carbocycles. The van der Waals surface area contributed by atoms with Crippen molar-refractivity contribution in [1.29, 1.82) is 0 Å². The lowest BCUT2D eigenvalue weighted by molar-refractivity contribution is -0.385. The molecule has 9 nitrogen and oxygen atoms in total. The van der Waals surface area contributed by atoms with Crippen LogP contribution >= 0.6 is 0 Å². The Morgan fingerprint density at radius 2 is 2.31 bits per heavy atom. The highest BCUT2D eigenvalue weighted by Gasteiger charge is 2.23. The van der Waals surface area contributed by atoms with Gasteiger partial charge in [0.05, 0.1) is 11.5 Å². The summed E-state index contributed by atoms with van der Waals surface area (Å²) in [6, 6.07) is 0. The van der Waals surface area contributed by atoms with E-state index in [1.165, 1.54) is 7.11 Å². The second-order valence-electron chi connectivity index (χ2n) is 2.62. The van der Waals surface area contributed by atoms with Crippen LogP contribution in [0.1, 0.15) is 0 Å². The van der Waals surface area contributed by atoms with Gasteiger partial charge in [-0.3, -0.25) is 10.1 Å². The van der Waals surface area contributed by atoms with E-state index in [1.807, 2.05) is 0 Å². The number of hydrazine groups is 1. The van der Waals surface area contributed by atoms with Crippen molar-refractivity contribution in [2.75, 3.05) is 25.7 Å². The highest BCUT2D eigenvalue weighted by molar-refractivity contribution is 5.60. The lowest BCUT2D eigenvalue weighted by Crippen LogP contribution is -2.13. The van der Waals surface area contributed by atoms with Gasteiger partial charge in [-0.2, -0.15) is 4.98 Å². The van der Waals surface area contributed by atoms with Crippen molar-refractivity contribution in [1.82, 2.24) is 9.97 Å². The maximum absolute atomic E-state index is 10.8. The van der Waals surface area contributed by atoms with E-state index in [0.717, 1.165) is 6.33 Å². The van der Waals surface area contributed by atoms with Gasteiger partial charge in [0.2, 0.25) is 5.82 Å². The van der Waals surface area contributed by atoms with E-state index < -0.39 is 10.6 Å². The molecule has 0 amide bonds. The summed E-state index contributed by atoms with van der Waals surface area (Å²) in [5, 5.41) is 10.8. The second kappa shape index (κ2) is 5.78. The predicted molar refractivity (Wildman–Crippen MR) is 53.9 cm³/mol. The zero-order chi connectivity index (χ0) is 12.0. The Kier molecular flexibility index (Phi) is 4.36. The van der Waals surface area contributed by atoms with E-state index in [1.54, 1.807) is 0 Å². The molecule has 1 rings (SSSR count). The number of ether oxygens (including phenoxy) is 2. The molecule has 9 heteroatoms. The van der Waals surface area contributed by atoms with Gasteiger partial charge >= 0.3 is 5.69 Å². The van der Waals surface area contributed by atoms with Gasteiger partial charge in [-0.1, -0.05) is 0 Å². The molecule has 0 saturated heterocycles. The van der Waals surface area contributed by atoms with Gasteiger partial charge in [0.15, 0.2) is 0 Å². The molecule has 0 aromatic carbocycles. The van der Waals surface area contributed by atoms with E-state index in [0.29, 0.717) is 6.61 Å². The Hall–Kier alpha value is -2.00. The third-order valence-corrected chi connectivity index (χ3v) is 1.63. The van der Waals surface area contributed by atoms with E-state index >= 15 is 0 Å². The molecule has 0 unspecified atom stereocenters. The van der Waals surface area contributed by atoms with Crippen LogP contribution < -0.4 is 16.0 Å². The Balaban J connectivity index is 2.93. The first-order chi connectivity index (χ1) is 7.70. The van der Waals surface area contributed by atoms with Gasteiger partial charge in [-0.25, -0.2) is 10.8 Å². The SMILES string of the molecule is COCCOc1ncnc(NN)c1[N+](=O)[O-]. The van der Waals surface area contributed by atoms with Crippen LogP contribution in [0.4, 0.5) is 11.5 Å². The highest BCUT2D eigenvalue weighted by Crippen LogP contribution is 2.29. The van der Waals surface area contributed by atoms with E-state index in [-0.39, 0.29) is 18.3 Å². The minimum Gasteiger partial charge on any atom is -0.470 e. The summed E-state index contributed by atoms with van der Waals surface area (Å²) in [4.78, 5) is 17.3. The quantitative estimate of drug-likeness (QED) is 0.294. The summed E-state index contributed by atoms with van der Waals surface area (Å²) in [7, 11) is 1.49. The molecule has 88 valence electrons. The van der Waals surface area contributed by atoms with Gasteiger partial charge < -0.3 is 14.9 Å². The first-order valence-corrected chi connectivity index (χ1v) is 4.28. The molecule has 0 fully saturated rings. The molecular formula is C7H11N5O4. The monoisotopic (exact) mass is 229 g/mol. The van der Waals surface area contributed by atoms with Crippen LogP contribution in [0.2, 0.25) is 0 Å². The fraction of sp³-hybridized carbons (Fsp3) is 0.429. The maximum Gasteiger partial charge on any atom is 0.374 e. The van der Waals surface area contributed by atoms with Crippen molar-refractivity contribution < 1.29 is 14.4 Å². The normalized spacial score (nSPS) is 9.88. The molecule has 0 aliphatic heterocycles. The average Bonchev–Trinajstić information content (AvgIpc) is 2.28. The lowest BCUT2D eigenvalue weighted by atomic mass is 10.4. The van der Waals surface area contributed by atoms with Gasteiger partial charge in [-0.05, 0) is 0 Å². The van der Waals surface area contributed by atoms with Crippen molar-refractivity contribution in [2.24, 2.45) is 5.84 Å². The summed E-state index contributed by atoms with van der Waals surface area (Å²) in [6.45, 7) is 0.449. The van der Waals surface area contributed by atoms with E-state index in [2.05, 4.69) is 15.4 Å². The summed E-state index contributed by atoms with van der Waals surface area (Å²) in [6.07, 6.45) is 1.12. The molecule has 0 saturated carbocycles. The Labute approximate surface area is 90.7 Å². The van der Waals surface area contributed by atoms with Crippen LogP contribution in [-0.4, -0.2) is 35.2 Å². The molecule has 0 spiro atoms. The number of methoxy groups -OCH3 is 1. The van der Waals surface area contributed by atoms with Gasteiger partial charge in [0, 0.05) is 7.11 Å². The largest absolute Gasteiger partial charge is 0.470 e. The molecule has 0 atom stereocenters. The zero-order valence-corrected chi connectivity index (χ0v) is 8.54. The highest BCUT2D eigenvalue weighted by atomic mass is 16.6. The van der Waals surface area contributed by atoms with Crippen molar-refractivity contribution in [2.45, 2.75) is 0 Å². The van der Waals surface area contributed by atoms with Gasteiger partial charge in [0.25, 0.3) is 5.88 Å². The Morgan fingerprint density at radius 3 is 2.88 bits per heavy atom. The summed E-state index contributed by atoms with van der Waals surface area (Å²) < 4.78 is 9.81. The second-order valence-corrected chi connectivity index (χ2v) is 2.62. The number of anilines is 1. The first kappa shape index (κ1) is 12.1. The van der Waals surface area contributed by atoms with Crippen molar-refractivity contribution in [3.05, 3.63) is 16.4 Å². The number of nitrogens with zero attached hydrogens (tertiary/aromatic N) is 3. The average molecular weight is 229 g/mol. The molecule has 0 aliphatic rings. The summed E-state index contributed by atoms with van der Waals surface area (Å²) in [5.74, 6) is 4.83. The number of nitrogens with one attached hydrogen (secondary N) is 1. The molecule has 3 N–H and O–H groups in total. The standard InChI is InChI=1S/C7H11N5O4/c1-15-2-3-16-7-5(12(13)14)6(11-8)9-4-10-7/h4H,2-3,8H2,1H3,(H,9,10,11). The minimum atomic E-state index is -0.669. The summed E-state index contributed by atoms with van der Waals surface area (Å²) >= 11 is 0. The maximum atomic E-state index is 10.8. The van der Waals surface area contributed by atoms with Crippen LogP contribution in [0.25, 0.3) is 0 Å².